The quantitative estimate of drug-likeness (QED) is 0.793. The fourth-order valence-electron chi connectivity index (χ4n) is 1.34. The van der Waals surface area contributed by atoms with E-state index in [4.69, 9.17) is 0 Å². The number of carbonyl (C=O) groups is 1. The largest absolute Gasteiger partial charge is 0.333 e. The first-order valence-electron chi connectivity index (χ1n) is 5.72. The van der Waals surface area contributed by atoms with Crippen molar-refractivity contribution in [2.75, 3.05) is 16.3 Å². The Hall–Kier alpha value is -1.76. The summed E-state index contributed by atoms with van der Waals surface area (Å²) in [6.45, 7) is 5.64. The summed E-state index contributed by atoms with van der Waals surface area (Å²) in [7, 11) is -3.29. The third-order valence-corrected chi connectivity index (χ3v) is 2.54. The van der Waals surface area contributed by atoms with Crippen LogP contribution in [0.4, 0.5) is 16.2 Å². The topological polar surface area (TPSA) is 87.3 Å². The first kappa shape index (κ1) is 15.3. The zero-order chi connectivity index (χ0) is 14.7. The maximum absolute atomic E-state index is 11.6. The van der Waals surface area contributed by atoms with Crippen LogP contribution in [0.1, 0.15) is 20.8 Å². The molecule has 1 rings (SSSR count). The molecule has 0 unspecified atom stereocenters. The van der Waals surface area contributed by atoms with Crippen molar-refractivity contribution < 1.29 is 13.2 Å². The van der Waals surface area contributed by atoms with Gasteiger partial charge in [0.05, 0.1) is 6.26 Å². The number of rotatable bonds is 3. The van der Waals surface area contributed by atoms with E-state index in [1.54, 1.807) is 24.3 Å². The van der Waals surface area contributed by atoms with Crippen LogP contribution >= 0.6 is 0 Å². The molecule has 0 bridgehead atoms. The molecule has 3 N–H and O–H groups in total. The second kappa shape index (κ2) is 5.48. The highest BCUT2D eigenvalue weighted by Gasteiger charge is 2.13. The summed E-state index contributed by atoms with van der Waals surface area (Å²) in [5.74, 6) is 0. The first-order chi connectivity index (χ1) is 8.55. The average molecular weight is 285 g/mol. The number of hydrogen-bond acceptors (Lipinski definition) is 3. The average Bonchev–Trinajstić information content (AvgIpc) is 2.15. The number of amides is 2. The lowest BCUT2D eigenvalue weighted by molar-refractivity contribution is 0.244. The Morgan fingerprint density at radius 3 is 1.95 bits per heavy atom. The summed E-state index contributed by atoms with van der Waals surface area (Å²) < 4.78 is 24.4. The molecule has 0 aliphatic carbocycles. The highest BCUT2D eigenvalue weighted by Crippen LogP contribution is 2.14. The van der Waals surface area contributed by atoms with Gasteiger partial charge in [0, 0.05) is 16.9 Å². The van der Waals surface area contributed by atoms with Crippen molar-refractivity contribution >= 4 is 27.4 Å². The van der Waals surface area contributed by atoms with E-state index in [0.717, 1.165) is 6.26 Å². The van der Waals surface area contributed by atoms with Crippen molar-refractivity contribution in [1.82, 2.24) is 5.32 Å². The van der Waals surface area contributed by atoms with Crippen LogP contribution in [0, 0.1) is 0 Å². The van der Waals surface area contributed by atoms with Crippen LogP contribution in [0.5, 0.6) is 0 Å². The SMILES string of the molecule is CC(C)(C)NC(=O)Nc1ccc(NS(C)(=O)=O)cc1. The molecule has 0 aromatic heterocycles. The normalized spacial score (nSPS) is 11.8. The number of anilines is 2. The smallest absolute Gasteiger partial charge is 0.319 e. The van der Waals surface area contributed by atoms with Gasteiger partial charge in [-0.25, -0.2) is 13.2 Å². The van der Waals surface area contributed by atoms with Crippen LogP contribution in [0.25, 0.3) is 0 Å². The minimum absolute atomic E-state index is 0.309. The second-order valence-electron chi connectivity index (χ2n) is 5.28. The zero-order valence-corrected chi connectivity index (χ0v) is 12.3. The van der Waals surface area contributed by atoms with Crippen LogP contribution in [-0.2, 0) is 10.0 Å². The van der Waals surface area contributed by atoms with Crippen molar-refractivity contribution in [3.8, 4) is 0 Å². The summed E-state index contributed by atoms with van der Waals surface area (Å²) in [6, 6.07) is 6.09. The van der Waals surface area contributed by atoms with Gasteiger partial charge in [0.25, 0.3) is 0 Å². The summed E-state index contributed by atoms with van der Waals surface area (Å²) in [5.41, 5.74) is 0.715. The van der Waals surface area contributed by atoms with Crippen molar-refractivity contribution in [2.45, 2.75) is 26.3 Å². The molecule has 19 heavy (non-hydrogen) atoms. The molecular formula is C12H19N3O3S. The number of benzene rings is 1. The van der Waals surface area contributed by atoms with E-state index in [2.05, 4.69) is 15.4 Å². The molecule has 106 valence electrons. The third-order valence-electron chi connectivity index (χ3n) is 1.93. The number of hydrogen-bond donors (Lipinski definition) is 3. The molecule has 0 heterocycles. The van der Waals surface area contributed by atoms with Gasteiger partial charge in [-0.15, -0.1) is 0 Å². The van der Waals surface area contributed by atoms with E-state index >= 15 is 0 Å². The molecule has 1 aromatic rings. The lowest BCUT2D eigenvalue weighted by Crippen LogP contribution is -2.43. The second-order valence-corrected chi connectivity index (χ2v) is 7.03. The molecule has 7 heteroatoms. The fourth-order valence-corrected chi connectivity index (χ4v) is 1.90. The maximum Gasteiger partial charge on any atom is 0.319 e. The minimum Gasteiger partial charge on any atom is -0.333 e. The molecule has 1 aromatic carbocycles. The Balaban J connectivity index is 2.65. The van der Waals surface area contributed by atoms with Gasteiger partial charge in [-0.3, -0.25) is 4.72 Å². The van der Waals surface area contributed by atoms with E-state index in [0.29, 0.717) is 11.4 Å². The van der Waals surface area contributed by atoms with Gasteiger partial charge in [-0.2, -0.15) is 0 Å². The minimum atomic E-state index is -3.29. The summed E-state index contributed by atoms with van der Waals surface area (Å²) >= 11 is 0. The van der Waals surface area contributed by atoms with E-state index in [9.17, 15) is 13.2 Å². The van der Waals surface area contributed by atoms with Gasteiger partial charge in [0.2, 0.25) is 10.0 Å². The molecule has 0 saturated heterocycles. The summed E-state index contributed by atoms with van der Waals surface area (Å²) in [4.78, 5) is 11.6. The van der Waals surface area contributed by atoms with E-state index in [1.165, 1.54) is 0 Å². The zero-order valence-electron chi connectivity index (χ0n) is 11.4. The Morgan fingerprint density at radius 2 is 1.53 bits per heavy atom. The molecule has 0 radical (unpaired) electrons. The van der Waals surface area contributed by atoms with Gasteiger partial charge < -0.3 is 10.6 Å². The van der Waals surface area contributed by atoms with Crippen LogP contribution in [0.15, 0.2) is 24.3 Å². The molecule has 0 saturated carbocycles. The number of carbonyl (C=O) groups excluding carboxylic acids is 1. The Morgan fingerprint density at radius 1 is 1.05 bits per heavy atom. The Kier molecular flexibility index (Phi) is 4.41. The van der Waals surface area contributed by atoms with Crippen molar-refractivity contribution in [3.05, 3.63) is 24.3 Å². The number of sulfonamides is 1. The number of nitrogens with one attached hydrogen (secondary N) is 3. The van der Waals surface area contributed by atoms with Gasteiger partial charge >= 0.3 is 6.03 Å². The van der Waals surface area contributed by atoms with E-state index in [1.807, 2.05) is 20.8 Å². The monoisotopic (exact) mass is 285 g/mol. The standard InChI is InChI=1S/C12H19N3O3S/c1-12(2,3)14-11(16)13-9-5-7-10(8-6-9)15-19(4,17)18/h5-8,15H,1-4H3,(H2,13,14,16). The molecule has 0 aliphatic heterocycles. The lowest BCUT2D eigenvalue weighted by Gasteiger charge is -2.20. The molecule has 0 spiro atoms. The summed E-state index contributed by atoms with van der Waals surface area (Å²) in [6.07, 6.45) is 1.08. The lowest BCUT2D eigenvalue weighted by atomic mass is 10.1. The summed E-state index contributed by atoms with van der Waals surface area (Å²) in [5, 5.41) is 5.42. The molecule has 2 amide bonds. The van der Waals surface area contributed by atoms with Crippen LogP contribution < -0.4 is 15.4 Å². The Labute approximate surface area is 113 Å². The number of urea groups is 1. The fraction of sp³-hybridized carbons (Fsp3) is 0.417. The maximum atomic E-state index is 11.6. The van der Waals surface area contributed by atoms with Crippen molar-refractivity contribution in [1.29, 1.82) is 0 Å². The highest BCUT2D eigenvalue weighted by molar-refractivity contribution is 7.92. The first-order valence-corrected chi connectivity index (χ1v) is 7.61. The Bertz CT molecular complexity index is 545. The third kappa shape index (κ3) is 6.66. The van der Waals surface area contributed by atoms with Gasteiger partial charge in [0.15, 0.2) is 0 Å². The highest BCUT2D eigenvalue weighted by atomic mass is 32.2. The molecule has 0 fully saturated rings. The van der Waals surface area contributed by atoms with Crippen molar-refractivity contribution in [3.63, 3.8) is 0 Å². The molecular weight excluding hydrogens is 266 g/mol. The van der Waals surface area contributed by atoms with E-state index < -0.39 is 10.0 Å². The van der Waals surface area contributed by atoms with Crippen molar-refractivity contribution in [2.24, 2.45) is 0 Å². The molecule has 0 aliphatic rings. The van der Waals surface area contributed by atoms with Gasteiger partial charge in [0.1, 0.15) is 0 Å². The predicted octanol–water partition coefficient (Wildman–Crippen LogP) is 1.98. The molecule has 0 atom stereocenters. The predicted molar refractivity (Wildman–Crippen MR) is 76.8 cm³/mol. The molecule has 6 nitrogen and oxygen atoms in total. The van der Waals surface area contributed by atoms with E-state index in [-0.39, 0.29) is 11.6 Å². The van der Waals surface area contributed by atoms with Gasteiger partial charge in [-0.05, 0) is 45.0 Å². The van der Waals surface area contributed by atoms with Crippen LogP contribution in [-0.4, -0.2) is 26.2 Å². The van der Waals surface area contributed by atoms with Crippen LogP contribution in [0.3, 0.4) is 0 Å². The van der Waals surface area contributed by atoms with Gasteiger partial charge in [-0.1, -0.05) is 0 Å². The van der Waals surface area contributed by atoms with Crippen LogP contribution in [0.2, 0.25) is 0 Å².